The number of likely N-dealkylation sites (tertiary alicyclic amines) is 1. The fraction of sp³-hybridized carbons (Fsp3) is 0.467. The Labute approximate surface area is 124 Å². The minimum atomic E-state index is -0.520. The molecule has 1 unspecified atom stereocenters. The van der Waals surface area contributed by atoms with Crippen molar-refractivity contribution in [2.24, 2.45) is 5.73 Å². The van der Waals surface area contributed by atoms with Gasteiger partial charge in [-0.15, -0.1) is 0 Å². The van der Waals surface area contributed by atoms with Crippen LogP contribution in [0, 0.1) is 0 Å². The molecule has 1 fully saturated rings. The molecule has 1 heterocycles. The predicted molar refractivity (Wildman–Crippen MR) is 82.9 cm³/mol. The van der Waals surface area contributed by atoms with Crippen LogP contribution in [0.5, 0.6) is 0 Å². The van der Waals surface area contributed by atoms with Crippen LogP contribution in [-0.2, 0) is 4.79 Å². The highest BCUT2D eigenvalue weighted by molar-refractivity contribution is 5.95. The van der Waals surface area contributed by atoms with E-state index in [9.17, 15) is 9.59 Å². The van der Waals surface area contributed by atoms with Crippen LogP contribution in [0.1, 0.15) is 36.5 Å². The SMILES string of the molecule is CC(Nc1cc(C(N)=O)ccc1N)C(=O)N1CCCCC1. The maximum absolute atomic E-state index is 12.4. The van der Waals surface area contributed by atoms with Crippen molar-refractivity contribution in [1.29, 1.82) is 0 Å². The Morgan fingerprint density at radius 1 is 1.24 bits per heavy atom. The van der Waals surface area contributed by atoms with Crippen molar-refractivity contribution < 1.29 is 9.59 Å². The highest BCUT2D eigenvalue weighted by atomic mass is 16.2. The van der Waals surface area contributed by atoms with Crippen LogP contribution in [0.15, 0.2) is 18.2 Å². The largest absolute Gasteiger partial charge is 0.397 e. The summed E-state index contributed by atoms with van der Waals surface area (Å²) in [5.74, 6) is -0.466. The first-order chi connectivity index (χ1) is 9.99. The Bertz CT molecular complexity index is 538. The number of amides is 2. The Kier molecular flexibility index (Phi) is 4.67. The zero-order chi connectivity index (χ0) is 15.4. The first-order valence-corrected chi connectivity index (χ1v) is 7.23. The van der Waals surface area contributed by atoms with Crippen molar-refractivity contribution >= 4 is 23.2 Å². The molecule has 1 saturated heterocycles. The third kappa shape index (κ3) is 3.65. The average Bonchev–Trinajstić information content (AvgIpc) is 2.49. The van der Waals surface area contributed by atoms with Gasteiger partial charge in [0.25, 0.3) is 0 Å². The lowest BCUT2D eigenvalue weighted by Gasteiger charge is -2.30. The molecule has 5 N–H and O–H groups in total. The van der Waals surface area contributed by atoms with Crippen molar-refractivity contribution in [2.75, 3.05) is 24.1 Å². The maximum Gasteiger partial charge on any atom is 0.248 e. The summed E-state index contributed by atoms with van der Waals surface area (Å²) in [6.45, 7) is 3.41. The minimum absolute atomic E-state index is 0.0542. The van der Waals surface area contributed by atoms with Crippen LogP contribution in [0.3, 0.4) is 0 Å². The number of nitrogen functional groups attached to an aromatic ring is 1. The number of carbonyl (C=O) groups excluding carboxylic acids is 2. The molecule has 2 amide bonds. The van der Waals surface area contributed by atoms with Gasteiger partial charge in [0.05, 0.1) is 11.4 Å². The molecule has 1 aromatic carbocycles. The monoisotopic (exact) mass is 290 g/mol. The summed E-state index contributed by atoms with van der Waals surface area (Å²) in [5.41, 5.74) is 12.5. The lowest BCUT2D eigenvalue weighted by Crippen LogP contribution is -2.44. The Morgan fingerprint density at radius 3 is 2.52 bits per heavy atom. The van der Waals surface area contributed by atoms with E-state index in [1.165, 1.54) is 6.42 Å². The highest BCUT2D eigenvalue weighted by Gasteiger charge is 2.22. The van der Waals surface area contributed by atoms with Crippen LogP contribution in [0.4, 0.5) is 11.4 Å². The van der Waals surface area contributed by atoms with Gasteiger partial charge in [-0.3, -0.25) is 9.59 Å². The second-order valence-electron chi connectivity index (χ2n) is 5.42. The molecule has 0 spiro atoms. The molecule has 114 valence electrons. The minimum Gasteiger partial charge on any atom is -0.397 e. The molecular weight excluding hydrogens is 268 g/mol. The second-order valence-corrected chi connectivity index (χ2v) is 5.42. The van der Waals surface area contributed by atoms with Crippen molar-refractivity contribution in [3.05, 3.63) is 23.8 Å². The number of hydrogen-bond acceptors (Lipinski definition) is 4. The molecule has 0 saturated carbocycles. The molecule has 2 rings (SSSR count). The third-order valence-corrected chi connectivity index (χ3v) is 3.75. The molecule has 1 aliphatic rings. The number of rotatable bonds is 4. The van der Waals surface area contributed by atoms with Gasteiger partial charge in [0.1, 0.15) is 6.04 Å². The summed E-state index contributed by atoms with van der Waals surface area (Å²) in [6, 6.07) is 4.37. The number of nitrogens with zero attached hydrogens (tertiary/aromatic N) is 1. The fourth-order valence-electron chi connectivity index (χ4n) is 2.52. The van der Waals surface area contributed by atoms with Gasteiger partial charge in [-0.25, -0.2) is 0 Å². The maximum atomic E-state index is 12.4. The smallest absolute Gasteiger partial charge is 0.248 e. The molecule has 6 nitrogen and oxygen atoms in total. The van der Waals surface area contributed by atoms with E-state index in [0.29, 0.717) is 16.9 Å². The lowest BCUT2D eigenvalue weighted by molar-refractivity contribution is -0.132. The number of benzene rings is 1. The van der Waals surface area contributed by atoms with Crippen LogP contribution < -0.4 is 16.8 Å². The standard InChI is InChI=1S/C15H22N4O2/c1-10(15(21)19-7-3-2-4-8-19)18-13-9-11(14(17)20)5-6-12(13)16/h5-6,9-10,18H,2-4,7-8,16H2,1H3,(H2,17,20). The van der Waals surface area contributed by atoms with Gasteiger partial charge in [0.2, 0.25) is 11.8 Å². The highest BCUT2D eigenvalue weighted by Crippen LogP contribution is 2.21. The van der Waals surface area contributed by atoms with E-state index in [1.54, 1.807) is 25.1 Å². The van der Waals surface area contributed by atoms with Gasteiger partial charge >= 0.3 is 0 Å². The summed E-state index contributed by atoms with van der Waals surface area (Å²) in [6.07, 6.45) is 3.29. The zero-order valence-electron chi connectivity index (χ0n) is 12.3. The number of anilines is 2. The average molecular weight is 290 g/mol. The molecule has 1 aliphatic heterocycles. The quantitative estimate of drug-likeness (QED) is 0.725. The number of nitrogens with one attached hydrogen (secondary N) is 1. The Hall–Kier alpha value is -2.24. The van der Waals surface area contributed by atoms with Gasteiger partial charge in [-0.1, -0.05) is 0 Å². The predicted octanol–water partition coefficient (Wildman–Crippen LogP) is 1.18. The van der Waals surface area contributed by atoms with E-state index in [2.05, 4.69) is 5.32 Å². The van der Waals surface area contributed by atoms with Crippen LogP contribution in [0.25, 0.3) is 0 Å². The zero-order valence-corrected chi connectivity index (χ0v) is 12.3. The number of hydrogen-bond donors (Lipinski definition) is 3. The lowest BCUT2D eigenvalue weighted by atomic mass is 10.1. The summed E-state index contributed by atoms with van der Waals surface area (Å²) in [7, 11) is 0. The molecule has 0 aromatic heterocycles. The van der Waals surface area contributed by atoms with Crippen LogP contribution in [-0.4, -0.2) is 35.8 Å². The third-order valence-electron chi connectivity index (χ3n) is 3.75. The number of piperidine rings is 1. The Morgan fingerprint density at radius 2 is 1.90 bits per heavy atom. The van der Waals surface area contributed by atoms with Gasteiger partial charge < -0.3 is 21.7 Å². The van der Waals surface area contributed by atoms with Crippen molar-refractivity contribution in [1.82, 2.24) is 4.90 Å². The van der Waals surface area contributed by atoms with Gasteiger partial charge in [-0.2, -0.15) is 0 Å². The summed E-state index contributed by atoms with van der Waals surface area (Å²) >= 11 is 0. The summed E-state index contributed by atoms with van der Waals surface area (Å²) in [5, 5.41) is 3.08. The first kappa shape index (κ1) is 15.2. The topological polar surface area (TPSA) is 101 Å². The Balaban J connectivity index is 2.07. The molecule has 0 aliphatic carbocycles. The molecule has 6 heteroatoms. The van der Waals surface area contributed by atoms with E-state index in [-0.39, 0.29) is 5.91 Å². The number of nitrogens with two attached hydrogens (primary N) is 2. The van der Waals surface area contributed by atoms with Gasteiger partial charge in [0, 0.05) is 18.7 Å². The molecule has 0 radical (unpaired) electrons. The van der Waals surface area contributed by atoms with Gasteiger partial charge in [0.15, 0.2) is 0 Å². The first-order valence-electron chi connectivity index (χ1n) is 7.23. The molecule has 1 atom stereocenters. The van der Waals surface area contributed by atoms with E-state index < -0.39 is 11.9 Å². The molecule has 21 heavy (non-hydrogen) atoms. The fourth-order valence-corrected chi connectivity index (χ4v) is 2.52. The van der Waals surface area contributed by atoms with Gasteiger partial charge in [-0.05, 0) is 44.4 Å². The van der Waals surface area contributed by atoms with Crippen molar-refractivity contribution in [3.63, 3.8) is 0 Å². The van der Waals surface area contributed by atoms with E-state index in [1.807, 2.05) is 4.90 Å². The summed E-state index contributed by atoms with van der Waals surface area (Å²) in [4.78, 5) is 25.4. The van der Waals surface area contributed by atoms with Crippen LogP contribution >= 0.6 is 0 Å². The van der Waals surface area contributed by atoms with E-state index in [4.69, 9.17) is 11.5 Å². The second kappa shape index (κ2) is 6.47. The number of carbonyl (C=O) groups is 2. The number of primary amides is 1. The summed E-state index contributed by atoms with van der Waals surface area (Å²) < 4.78 is 0. The molecule has 0 bridgehead atoms. The molecule has 1 aromatic rings. The van der Waals surface area contributed by atoms with Crippen molar-refractivity contribution in [2.45, 2.75) is 32.2 Å². The van der Waals surface area contributed by atoms with E-state index in [0.717, 1.165) is 25.9 Å². The van der Waals surface area contributed by atoms with E-state index >= 15 is 0 Å². The van der Waals surface area contributed by atoms with Crippen molar-refractivity contribution in [3.8, 4) is 0 Å². The van der Waals surface area contributed by atoms with Crippen LogP contribution in [0.2, 0.25) is 0 Å². The molecular formula is C15H22N4O2. The normalized spacial score (nSPS) is 16.3.